The van der Waals surface area contributed by atoms with Gasteiger partial charge in [-0.2, -0.15) is 0 Å². The molecular weight excluding hydrogens is 388 g/mol. The highest BCUT2D eigenvalue weighted by atomic mass is 15.2. The van der Waals surface area contributed by atoms with Gasteiger partial charge >= 0.3 is 0 Å². The van der Waals surface area contributed by atoms with Crippen LogP contribution in [0.5, 0.6) is 0 Å². The summed E-state index contributed by atoms with van der Waals surface area (Å²) in [7, 11) is 0. The van der Waals surface area contributed by atoms with Crippen molar-refractivity contribution in [3.05, 3.63) is 94.1 Å². The van der Waals surface area contributed by atoms with Gasteiger partial charge in [-0.3, -0.25) is 0 Å². The van der Waals surface area contributed by atoms with Crippen molar-refractivity contribution >= 4 is 11.4 Å². The molecule has 2 nitrogen and oxygen atoms in total. The maximum atomic E-state index is 3.81. The summed E-state index contributed by atoms with van der Waals surface area (Å²) in [5, 5.41) is 3.81. The maximum absolute atomic E-state index is 3.81. The number of hydrogen-bond acceptors (Lipinski definition) is 2. The fraction of sp³-hybridized carbons (Fsp3) is 0.400. The SMILES string of the molecule is CCCC(CC)CN1C(c2ccccc2C)=CC=C2C=C(c3c(C)cccc3C)NCC21. The molecule has 2 aliphatic heterocycles. The van der Waals surface area contributed by atoms with E-state index in [2.05, 4.69) is 106 Å². The Morgan fingerprint density at radius 2 is 1.66 bits per heavy atom. The highest BCUT2D eigenvalue weighted by Crippen LogP contribution is 2.36. The molecule has 2 unspecified atom stereocenters. The topological polar surface area (TPSA) is 15.3 Å². The Balaban J connectivity index is 1.75. The van der Waals surface area contributed by atoms with Gasteiger partial charge in [0.25, 0.3) is 0 Å². The maximum Gasteiger partial charge on any atom is 0.0716 e. The van der Waals surface area contributed by atoms with Gasteiger partial charge in [0.15, 0.2) is 0 Å². The van der Waals surface area contributed by atoms with Gasteiger partial charge in [-0.25, -0.2) is 0 Å². The summed E-state index contributed by atoms with van der Waals surface area (Å²) in [6, 6.07) is 15.8. The van der Waals surface area contributed by atoms with Crippen LogP contribution in [0.25, 0.3) is 11.4 Å². The lowest BCUT2D eigenvalue weighted by molar-refractivity contribution is 0.257. The van der Waals surface area contributed by atoms with Crippen molar-refractivity contribution in [2.75, 3.05) is 13.1 Å². The van der Waals surface area contributed by atoms with E-state index in [0.29, 0.717) is 6.04 Å². The molecule has 0 fully saturated rings. The lowest BCUT2D eigenvalue weighted by atomic mass is 9.88. The van der Waals surface area contributed by atoms with E-state index in [-0.39, 0.29) is 0 Å². The lowest BCUT2D eigenvalue weighted by Crippen LogP contribution is -2.47. The van der Waals surface area contributed by atoms with Gasteiger partial charge in [-0.05, 0) is 67.5 Å². The molecule has 0 saturated carbocycles. The van der Waals surface area contributed by atoms with E-state index >= 15 is 0 Å². The van der Waals surface area contributed by atoms with Gasteiger partial charge in [-0.1, -0.05) is 75.2 Å². The van der Waals surface area contributed by atoms with Gasteiger partial charge < -0.3 is 10.2 Å². The van der Waals surface area contributed by atoms with E-state index in [1.165, 1.54) is 64.0 Å². The van der Waals surface area contributed by atoms with Crippen LogP contribution in [0.15, 0.2) is 66.3 Å². The molecule has 1 N–H and O–H groups in total. The molecule has 2 aromatic rings. The summed E-state index contributed by atoms with van der Waals surface area (Å²) in [4.78, 5) is 2.69. The summed E-state index contributed by atoms with van der Waals surface area (Å²) in [5.74, 6) is 0.718. The fourth-order valence-corrected chi connectivity index (χ4v) is 5.37. The van der Waals surface area contributed by atoms with Crippen LogP contribution in [-0.4, -0.2) is 24.0 Å². The normalized spacial score (nSPS) is 18.8. The molecule has 0 aromatic heterocycles. The number of benzene rings is 2. The van der Waals surface area contributed by atoms with Crippen molar-refractivity contribution in [3.8, 4) is 0 Å². The molecule has 168 valence electrons. The molecule has 2 heterocycles. The van der Waals surface area contributed by atoms with Crippen LogP contribution in [0.2, 0.25) is 0 Å². The van der Waals surface area contributed by atoms with E-state index in [1.54, 1.807) is 0 Å². The second-order valence-corrected chi connectivity index (χ2v) is 9.47. The summed E-state index contributed by atoms with van der Waals surface area (Å²) in [5.41, 5.74) is 10.8. The summed E-state index contributed by atoms with van der Waals surface area (Å²) in [6.45, 7) is 13.4. The molecule has 0 saturated heterocycles. The van der Waals surface area contributed by atoms with E-state index in [0.717, 1.165) is 19.0 Å². The molecular formula is C30H38N2. The number of rotatable bonds is 7. The quantitative estimate of drug-likeness (QED) is 0.511. The second-order valence-electron chi connectivity index (χ2n) is 9.47. The number of fused-ring (bicyclic) bond motifs is 1. The molecule has 0 spiro atoms. The summed E-state index contributed by atoms with van der Waals surface area (Å²) in [6.07, 6.45) is 10.9. The van der Waals surface area contributed by atoms with E-state index in [9.17, 15) is 0 Å². The van der Waals surface area contributed by atoms with Gasteiger partial charge in [0.1, 0.15) is 0 Å². The third-order valence-electron chi connectivity index (χ3n) is 7.20. The number of nitrogens with zero attached hydrogens (tertiary/aromatic N) is 1. The number of nitrogens with one attached hydrogen (secondary N) is 1. The first-order valence-corrected chi connectivity index (χ1v) is 12.3. The first-order valence-electron chi connectivity index (χ1n) is 12.3. The Bertz CT molecular complexity index is 1040. The molecule has 4 rings (SSSR count). The third-order valence-corrected chi connectivity index (χ3v) is 7.20. The van der Waals surface area contributed by atoms with Crippen LogP contribution in [-0.2, 0) is 0 Å². The minimum atomic E-state index is 0.369. The van der Waals surface area contributed by atoms with Crippen molar-refractivity contribution < 1.29 is 0 Å². The zero-order valence-corrected chi connectivity index (χ0v) is 20.4. The van der Waals surface area contributed by atoms with Crippen LogP contribution in [0.4, 0.5) is 0 Å². The Morgan fingerprint density at radius 1 is 0.938 bits per heavy atom. The Labute approximate surface area is 194 Å². The predicted octanol–water partition coefficient (Wildman–Crippen LogP) is 7.03. The zero-order valence-electron chi connectivity index (χ0n) is 20.4. The van der Waals surface area contributed by atoms with Crippen molar-refractivity contribution in [1.82, 2.24) is 10.2 Å². The van der Waals surface area contributed by atoms with Gasteiger partial charge in [-0.15, -0.1) is 0 Å². The minimum absolute atomic E-state index is 0.369. The highest BCUT2D eigenvalue weighted by molar-refractivity contribution is 5.76. The number of aryl methyl sites for hydroxylation is 3. The van der Waals surface area contributed by atoms with Crippen molar-refractivity contribution in [3.63, 3.8) is 0 Å². The largest absolute Gasteiger partial charge is 0.382 e. The number of hydrogen-bond donors (Lipinski definition) is 1. The third kappa shape index (κ3) is 4.41. The van der Waals surface area contributed by atoms with Crippen molar-refractivity contribution in [2.45, 2.75) is 59.9 Å². The number of allylic oxidation sites excluding steroid dienone is 2. The van der Waals surface area contributed by atoms with Crippen LogP contribution in [0.3, 0.4) is 0 Å². The minimum Gasteiger partial charge on any atom is -0.382 e. The Hall–Kier alpha value is -2.74. The standard InChI is InChI=1S/C30H38N2/c1-6-11-24(7-2)20-32-28(26-15-9-8-12-21(26)3)17-16-25-18-27(31-19-29(25)32)30-22(4)13-10-14-23(30)5/h8-10,12-18,24,29,31H,6-7,11,19-20H2,1-5H3. The van der Waals surface area contributed by atoms with Gasteiger partial charge in [0.05, 0.1) is 6.04 Å². The molecule has 2 aromatic carbocycles. The first-order chi connectivity index (χ1) is 15.5. The summed E-state index contributed by atoms with van der Waals surface area (Å²) < 4.78 is 0. The zero-order chi connectivity index (χ0) is 22.7. The smallest absolute Gasteiger partial charge is 0.0716 e. The van der Waals surface area contributed by atoms with E-state index in [4.69, 9.17) is 0 Å². The Morgan fingerprint density at radius 3 is 2.34 bits per heavy atom. The average molecular weight is 427 g/mol. The van der Waals surface area contributed by atoms with Crippen LogP contribution in [0.1, 0.15) is 60.9 Å². The average Bonchev–Trinajstić information content (AvgIpc) is 2.79. The molecule has 0 bridgehead atoms. The highest BCUT2D eigenvalue weighted by Gasteiger charge is 2.32. The molecule has 0 radical (unpaired) electrons. The van der Waals surface area contributed by atoms with Crippen LogP contribution in [0, 0.1) is 26.7 Å². The van der Waals surface area contributed by atoms with Crippen LogP contribution >= 0.6 is 0 Å². The molecule has 2 atom stereocenters. The summed E-state index contributed by atoms with van der Waals surface area (Å²) >= 11 is 0. The van der Waals surface area contributed by atoms with Gasteiger partial charge in [0, 0.05) is 35.6 Å². The van der Waals surface area contributed by atoms with E-state index in [1.807, 2.05) is 0 Å². The first kappa shape index (κ1) is 22.5. The predicted molar refractivity (Wildman–Crippen MR) is 138 cm³/mol. The fourth-order valence-electron chi connectivity index (χ4n) is 5.37. The molecule has 0 aliphatic carbocycles. The molecule has 2 aliphatic rings. The van der Waals surface area contributed by atoms with Gasteiger partial charge in [0.2, 0.25) is 0 Å². The van der Waals surface area contributed by atoms with E-state index < -0.39 is 0 Å². The monoisotopic (exact) mass is 426 g/mol. The molecule has 32 heavy (non-hydrogen) atoms. The molecule has 2 heteroatoms. The van der Waals surface area contributed by atoms with Crippen molar-refractivity contribution in [1.29, 1.82) is 0 Å². The second kappa shape index (κ2) is 9.81. The van der Waals surface area contributed by atoms with Crippen molar-refractivity contribution in [2.24, 2.45) is 5.92 Å². The van der Waals surface area contributed by atoms with Crippen LogP contribution < -0.4 is 5.32 Å². The lowest BCUT2D eigenvalue weighted by Gasteiger charge is -2.43. The Kier molecular flexibility index (Phi) is 6.89. The molecule has 0 amide bonds.